The number of halogens is 1. The molecule has 0 radical (unpaired) electrons. The van der Waals surface area contributed by atoms with Gasteiger partial charge in [0.2, 0.25) is 0 Å². The molecule has 1 aliphatic heterocycles. The van der Waals surface area contributed by atoms with E-state index in [0.29, 0.717) is 11.6 Å². The quantitative estimate of drug-likeness (QED) is 0.441. The molecule has 2 fully saturated rings. The standard InChI is InChI=1S/C25H24BrN5O/c1-29-7-9-30(10-8-29)22-13-21-18(12-19(22)26)24(32)23-17-6-5-15(14-27)11-20(17)28-25(23)31(21)16-3-2-4-16/h5-6,11-13,16,28H,2-4,7-10H2,1H3. The molecule has 1 saturated heterocycles. The van der Waals surface area contributed by atoms with Crippen LogP contribution in [0.1, 0.15) is 30.9 Å². The Labute approximate surface area is 194 Å². The number of aromatic nitrogens is 2. The molecule has 1 saturated carbocycles. The lowest BCUT2D eigenvalue weighted by molar-refractivity contribution is 0.312. The Kier molecular flexibility index (Phi) is 4.56. The zero-order valence-electron chi connectivity index (χ0n) is 18.0. The van der Waals surface area contributed by atoms with Crippen LogP contribution in [0.5, 0.6) is 0 Å². The summed E-state index contributed by atoms with van der Waals surface area (Å²) >= 11 is 3.77. The first-order chi connectivity index (χ1) is 15.5. The summed E-state index contributed by atoms with van der Waals surface area (Å²) in [6, 6.07) is 12.3. The van der Waals surface area contributed by atoms with Crippen LogP contribution >= 0.6 is 15.9 Å². The van der Waals surface area contributed by atoms with Crippen LogP contribution in [-0.4, -0.2) is 47.7 Å². The molecular weight excluding hydrogens is 466 g/mol. The lowest BCUT2D eigenvalue weighted by Gasteiger charge is -2.35. The molecule has 6 nitrogen and oxygen atoms in total. The van der Waals surface area contributed by atoms with Gasteiger partial charge in [0.05, 0.1) is 28.2 Å². The number of H-pyrrole nitrogens is 1. The van der Waals surface area contributed by atoms with E-state index in [2.05, 4.69) is 54.5 Å². The van der Waals surface area contributed by atoms with Crippen molar-refractivity contribution in [3.63, 3.8) is 0 Å². The molecule has 2 aliphatic rings. The third-order valence-corrected chi connectivity index (χ3v) is 7.86. The van der Waals surface area contributed by atoms with Crippen molar-refractivity contribution >= 4 is 54.5 Å². The van der Waals surface area contributed by atoms with E-state index < -0.39 is 0 Å². The smallest absolute Gasteiger partial charge is 0.199 e. The van der Waals surface area contributed by atoms with E-state index in [4.69, 9.17) is 0 Å². The molecule has 0 bridgehead atoms. The molecule has 7 heteroatoms. The Balaban J connectivity index is 1.67. The molecular formula is C25H24BrN5O. The van der Waals surface area contributed by atoms with Crippen LogP contribution < -0.4 is 10.3 Å². The highest BCUT2D eigenvalue weighted by Crippen LogP contribution is 2.40. The first-order valence-electron chi connectivity index (χ1n) is 11.2. The second-order valence-electron chi connectivity index (χ2n) is 9.12. The molecule has 32 heavy (non-hydrogen) atoms. The molecule has 4 aromatic rings. The number of hydrogen-bond acceptors (Lipinski definition) is 4. The van der Waals surface area contributed by atoms with Gasteiger partial charge in [0, 0.05) is 53.0 Å². The van der Waals surface area contributed by atoms with Crippen LogP contribution in [-0.2, 0) is 0 Å². The lowest BCUT2D eigenvalue weighted by Crippen LogP contribution is -2.44. The summed E-state index contributed by atoms with van der Waals surface area (Å²) in [5, 5.41) is 11.7. The Hall–Kier alpha value is -2.82. The SMILES string of the molecule is CN1CCN(c2cc3c(cc2Br)c(=O)c2c4ccc(C#N)cc4[nH]c2n3C2CCC2)CC1. The first kappa shape index (κ1) is 19.8. The van der Waals surface area contributed by atoms with Gasteiger partial charge >= 0.3 is 0 Å². The van der Waals surface area contributed by atoms with Gasteiger partial charge < -0.3 is 19.4 Å². The lowest BCUT2D eigenvalue weighted by atomic mass is 9.92. The molecule has 162 valence electrons. The van der Waals surface area contributed by atoms with Crippen LogP contribution in [0.2, 0.25) is 0 Å². The van der Waals surface area contributed by atoms with Gasteiger partial charge in [-0.2, -0.15) is 5.26 Å². The van der Waals surface area contributed by atoms with Crippen LogP contribution in [0, 0.1) is 11.3 Å². The molecule has 6 rings (SSSR count). The maximum atomic E-state index is 13.7. The number of nitrogens with one attached hydrogen (secondary N) is 1. The van der Waals surface area contributed by atoms with Crippen molar-refractivity contribution in [2.45, 2.75) is 25.3 Å². The van der Waals surface area contributed by atoms with Crippen molar-refractivity contribution in [3.05, 3.63) is 50.6 Å². The average Bonchev–Trinajstić information content (AvgIpc) is 3.14. The summed E-state index contributed by atoms with van der Waals surface area (Å²) in [5.74, 6) is 0. The molecule has 2 aromatic carbocycles. The number of anilines is 1. The van der Waals surface area contributed by atoms with Gasteiger partial charge in [0.25, 0.3) is 0 Å². The number of hydrogen-bond donors (Lipinski definition) is 1. The normalized spacial score (nSPS) is 17.8. The predicted octanol–water partition coefficient (Wildman–Crippen LogP) is 4.75. The van der Waals surface area contributed by atoms with Crippen LogP contribution in [0.15, 0.2) is 39.6 Å². The summed E-state index contributed by atoms with van der Waals surface area (Å²) in [6.07, 6.45) is 3.44. The number of piperazine rings is 1. The van der Waals surface area contributed by atoms with Crippen molar-refractivity contribution in [1.82, 2.24) is 14.5 Å². The highest BCUT2D eigenvalue weighted by atomic mass is 79.9. The second kappa shape index (κ2) is 7.36. The summed E-state index contributed by atoms with van der Waals surface area (Å²) in [4.78, 5) is 22.0. The molecule has 1 N–H and O–H groups in total. The number of rotatable bonds is 2. The van der Waals surface area contributed by atoms with Crippen molar-refractivity contribution < 1.29 is 0 Å². The fourth-order valence-electron chi connectivity index (χ4n) is 5.16. The van der Waals surface area contributed by atoms with E-state index in [-0.39, 0.29) is 5.43 Å². The number of benzene rings is 2. The van der Waals surface area contributed by atoms with E-state index in [1.54, 1.807) is 6.07 Å². The van der Waals surface area contributed by atoms with Crippen molar-refractivity contribution in [2.75, 3.05) is 38.1 Å². The number of likely N-dealkylation sites (N-methyl/N-ethyl adjacent to an activating group) is 1. The summed E-state index contributed by atoms with van der Waals surface area (Å²) in [6.45, 7) is 4.00. The van der Waals surface area contributed by atoms with Gasteiger partial charge in [0.15, 0.2) is 5.43 Å². The highest BCUT2D eigenvalue weighted by Gasteiger charge is 2.27. The summed E-state index contributed by atoms with van der Waals surface area (Å²) < 4.78 is 3.32. The molecule has 0 spiro atoms. The maximum Gasteiger partial charge on any atom is 0.199 e. The van der Waals surface area contributed by atoms with E-state index >= 15 is 0 Å². The Morgan fingerprint density at radius 3 is 2.56 bits per heavy atom. The number of nitrogens with zero attached hydrogens (tertiary/aromatic N) is 4. The third-order valence-electron chi connectivity index (χ3n) is 7.23. The monoisotopic (exact) mass is 489 g/mol. The molecule has 3 heterocycles. The Morgan fingerprint density at radius 2 is 1.88 bits per heavy atom. The van der Waals surface area contributed by atoms with E-state index in [1.807, 2.05) is 18.2 Å². The van der Waals surface area contributed by atoms with Crippen molar-refractivity contribution in [1.29, 1.82) is 5.26 Å². The number of fused-ring (bicyclic) bond motifs is 4. The average molecular weight is 490 g/mol. The minimum Gasteiger partial charge on any atom is -0.368 e. The summed E-state index contributed by atoms with van der Waals surface area (Å²) in [7, 11) is 2.16. The van der Waals surface area contributed by atoms with Crippen LogP contribution in [0.25, 0.3) is 32.8 Å². The minimum atomic E-state index is 0.0483. The molecule has 0 unspecified atom stereocenters. The van der Waals surface area contributed by atoms with Crippen molar-refractivity contribution in [2.24, 2.45) is 0 Å². The zero-order valence-corrected chi connectivity index (χ0v) is 19.6. The Bertz CT molecular complexity index is 1480. The van der Waals surface area contributed by atoms with Crippen LogP contribution in [0.4, 0.5) is 5.69 Å². The van der Waals surface area contributed by atoms with E-state index in [1.165, 1.54) is 6.42 Å². The third kappa shape index (κ3) is 2.90. The maximum absolute atomic E-state index is 13.7. The fourth-order valence-corrected chi connectivity index (χ4v) is 5.76. The molecule has 2 aromatic heterocycles. The van der Waals surface area contributed by atoms with Gasteiger partial charge in [-0.05, 0) is 66.5 Å². The Morgan fingerprint density at radius 1 is 1.09 bits per heavy atom. The van der Waals surface area contributed by atoms with E-state index in [9.17, 15) is 10.1 Å². The van der Waals surface area contributed by atoms with Gasteiger partial charge in [-0.3, -0.25) is 4.79 Å². The second-order valence-corrected chi connectivity index (χ2v) is 9.97. The topological polar surface area (TPSA) is 68.1 Å². The number of aromatic amines is 1. The van der Waals surface area contributed by atoms with Gasteiger partial charge in [0.1, 0.15) is 5.65 Å². The van der Waals surface area contributed by atoms with E-state index in [0.717, 1.165) is 82.0 Å². The molecule has 0 amide bonds. The highest BCUT2D eigenvalue weighted by molar-refractivity contribution is 9.10. The van der Waals surface area contributed by atoms with Gasteiger partial charge in [-0.25, -0.2) is 0 Å². The zero-order chi connectivity index (χ0) is 22.0. The summed E-state index contributed by atoms with van der Waals surface area (Å²) in [5.41, 5.74) is 4.52. The molecule has 1 aliphatic carbocycles. The fraction of sp³-hybridized carbons (Fsp3) is 0.360. The number of nitriles is 1. The van der Waals surface area contributed by atoms with Crippen molar-refractivity contribution in [3.8, 4) is 6.07 Å². The number of pyridine rings is 1. The molecule has 0 atom stereocenters. The van der Waals surface area contributed by atoms with Gasteiger partial charge in [-0.1, -0.05) is 6.07 Å². The predicted molar refractivity (Wildman–Crippen MR) is 133 cm³/mol. The first-order valence-corrected chi connectivity index (χ1v) is 12.0. The largest absolute Gasteiger partial charge is 0.368 e. The van der Waals surface area contributed by atoms with Crippen LogP contribution in [0.3, 0.4) is 0 Å². The van der Waals surface area contributed by atoms with Gasteiger partial charge in [-0.15, -0.1) is 0 Å². The minimum absolute atomic E-state index is 0.0483.